The van der Waals surface area contributed by atoms with E-state index < -0.39 is 11.4 Å². The summed E-state index contributed by atoms with van der Waals surface area (Å²) in [5.74, 6) is -1.20. The zero-order valence-corrected chi connectivity index (χ0v) is 9.65. The average molecular weight is 265 g/mol. The summed E-state index contributed by atoms with van der Waals surface area (Å²) in [5, 5.41) is 17.9. The Bertz CT molecular complexity index is 719. The monoisotopic (exact) mass is 264 g/mol. The maximum atomic E-state index is 13.9. The van der Waals surface area contributed by atoms with Crippen LogP contribution in [0.15, 0.2) is 35.3 Å². The topological polar surface area (TPSA) is 66.0 Å². The van der Waals surface area contributed by atoms with E-state index in [1.54, 1.807) is 6.07 Å². The number of benzene rings is 1. The summed E-state index contributed by atoms with van der Waals surface area (Å²) >= 11 is 5.66. The van der Waals surface area contributed by atoms with Gasteiger partial charge in [0.25, 0.3) is 5.56 Å². The van der Waals surface area contributed by atoms with E-state index in [0.717, 1.165) is 16.8 Å². The SMILES string of the molecule is N#Cc1cccc(-n2cc(Cl)c(O)cc2=O)c1F. The van der Waals surface area contributed by atoms with Crippen molar-refractivity contribution in [3.63, 3.8) is 0 Å². The average Bonchev–Trinajstić information content (AvgIpc) is 2.34. The molecule has 18 heavy (non-hydrogen) atoms. The molecule has 1 N–H and O–H groups in total. The summed E-state index contributed by atoms with van der Waals surface area (Å²) in [7, 11) is 0. The normalized spacial score (nSPS) is 10.1. The molecular weight excluding hydrogens is 259 g/mol. The van der Waals surface area contributed by atoms with Crippen molar-refractivity contribution in [3.05, 3.63) is 57.2 Å². The third-order valence-electron chi connectivity index (χ3n) is 2.34. The van der Waals surface area contributed by atoms with Crippen molar-refractivity contribution in [2.75, 3.05) is 0 Å². The lowest BCUT2D eigenvalue weighted by molar-refractivity contribution is 0.473. The quantitative estimate of drug-likeness (QED) is 0.859. The van der Waals surface area contributed by atoms with Gasteiger partial charge in [-0.3, -0.25) is 9.36 Å². The van der Waals surface area contributed by atoms with Gasteiger partial charge in [0.15, 0.2) is 5.82 Å². The minimum absolute atomic E-state index is 0.0867. The van der Waals surface area contributed by atoms with Gasteiger partial charge in [0.1, 0.15) is 11.8 Å². The second kappa shape index (κ2) is 4.51. The van der Waals surface area contributed by atoms with Gasteiger partial charge in [0.05, 0.1) is 16.3 Å². The molecule has 0 saturated heterocycles. The Kier molecular flexibility index (Phi) is 3.04. The molecule has 0 aliphatic carbocycles. The molecule has 1 aromatic carbocycles. The minimum Gasteiger partial charge on any atom is -0.506 e. The van der Waals surface area contributed by atoms with Crippen LogP contribution in [0.25, 0.3) is 5.69 Å². The van der Waals surface area contributed by atoms with E-state index >= 15 is 0 Å². The van der Waals surface area contributed by atoms with E-state index in [1.807, 2.05) is 0 Å². The molecule has 2 aromatic rings. The Morgan fingerprint density at radius 2 is 2.17 bits per heavy atom. The minimum atomic E-state index is -0.816. The van der Waals surface area contributed by atoms with Crippen LogP contribution in [0.5, 0.6) is 5.75 Å². The molecule has 0 unspecified atom stereocenters. The van der Waals surface area contributed by atoms with Gasteiger partial charge in [-0.1, -0.05) is 17.7 Å². The standard InChI is InChI=1S/C12H6ClFN2O2/c13-8-6-16(11(18)4-10(8)17)9-3-1-2-7(5-15)12(9)14/h1-4,6,17H. The van der Waals surface area contributed by atoms with Gasteiger partial charge in [-0.15, -0.1) is 0 Å². The van der Waals surface area contributed by atoms with Crippen LogP contribution in [0.4, 0.5) is 4.39 Å². The molecule has 0 atom stereocenters. The third kappa shape index (κ3) is 1.94. The Morgan fingerprint density at radius 1 is 1.44 bits per heavy atom. The number of rotatable bonds is 1. The molecule has 0 radical (unpaired) electrons. The van der Waals surface area contributed by atoms with Crippen molar-refractivity contribution < 1.29 is 9.50 Å². The lowest BCUT2D eigenvalue weighted by Gasteiger charge is -2.08. The van der Waals surface area contributed by atoms with Crippen molar-refractivity contribution in [1.29, 1.82) is 5.26 Å². The summed E-state index contributed by atoms with van der Waals surface area (Å²) in [6.45, 7) is 0. The maximum Gasteiger partial charge on any atom is 0.258 e. The zero-order valence-electron chi connectivity index (χ0n) is 8.89. The molecule has 0 amide bonds. The van der Waals surface area contributed by atoms with Crippen molar-refractivity contribution in [1.82, 2.24) is 4.57 Å². The predicted molar refractivity (Wildman–Crippen MR) is 63.4 cm³/mol. The largest absolute Gasteiger partial charge is 0.506 e. The number of pyridine rings is 1. The number of aromatic nitrogens is 1. The van der Waals surface area contributed by atoms with E-state index in [0.29, 0.717) is 0 Å². The van der Waals surface area contributed by atoms with Crippen molar-refractivity contribution in [2.45, 2.75) is 0 Å². The van der Waals surface area contributed by atoms with Crippen LogP contribution in [0.1, 0.15) is 5.56 Å². The highest BCUT2D eigenvalue weighted by Gasteiger charge is 2.12. The van der Waals surface area contributed by atoms with Crippen LogP contribution in [0.3, 0.4) is 0 Å². The van der Waals surface area contributed by atoms with E-state index in [-0.39, 0.29) is 22.0 Å². The highest BCUT2D eigenvalue weighted by atomic mass is 35.5. The first-order valence-corrected chi connectivity index (χ1v) is 5.22. The second-order valence-corrected chi connectivity index (χ2v) is 3.87. The van der Waals surface area contributed by atoms with Crippen molar-refractivity contribution >= 4 is 11.6 Å². The fourth-order valence-corrected chi connectivity index (χ4v) is 1.63. The highest BCUT2D eigenvalue weighted by molar-refractivity contribution is 6.31. The maximum absolute atomic E-state index is 13.9. The lowest BCUT2D eigenvalue weighted by Crippen LogP contribution is -2.17. The van der Waals surface area contributed by atoms with Crippen LogP contribution >= 0.6 is 11.6 Å². The van der Waals surface area contributed by atoms with E-state index in [2.05, 4.69) is 0 Å². The van der Waals surface area contributed by atoms with Crippen LogP contribution < -0.4 is 5.56 Å². The smallest absolute Gasteiger partial charge is 0.258 e. The van der Waals surface area contributed by atoms with Gasteiger partial charge < -0.3 is 5.11 Å². The van der Waals surface area contributed by atoms with E-state index in [9.17, 15) is 14.3 Å². The summed E-state index contributed by atoms with van der Waals surface area (Å²) in [6, 6.07) is 6.64. The second-order valence-electron chi connectivity index (χ2n) is 3.47. The molecule has 6 heteroatoms. The van der Waals surface area contributed by atoms with E-state index in [1.165, 1.54) is 18.2 Å². The molecule has 0 spiro atoms. The molecule has 90 valence electrons. The van der Waals surface area contributed by atoms with Crippen LogP contribution in [0, 0.1) is 17.1 Å². The number of hydrogen-bond acceptors (Lipinski definition) is 3. The number of aromatic hydroxyl groups is 1. The zero-order chi connectivity index (χ0) is 13.3. The van der Waals surface area contributed by atoms with Crippen molar-refractivity contribution in [2.24, 2.45) is 0 Å². The van der Waals surface area contributed by atoms with Gasteiger partial charge in [-0.25, -0.2) is 4.39 Å². The Labute approximate surface area is 106 Å². The fraction of sp³-hybridized carbons (Fsp3) is 0. The Balaban J connectivity index is 2.75. The molecule has 0 aliphatic heterocycles. The van der Waals surface area contributed by atoms with Gasteiger partial charge in [-0.2, -0.15) is 5.26 Å². The summed E-state index contributed by atoms with van der Waals surface area (Å²) in [5.41, 5.74) is -0.921. The van der Waals surface area contributed by atoms with Gasteiger partial charge in [-0.05, 0) is 12.1 Å². The Hall–Kier alpha value is -2.32. The van der Waals surface area contributed by atoms with E-state index in [4.69, 9.17) is 16.9 Å². The molecule has 4 nitrogen and oxygen atoms in total. The first kappa shape index (κ1) is 12.1. The first-order chi connectivity index (χ1) is 8.54. The Morgan fingerprint density at radius 3 is 2.83 bits per heavy atom. The molecule has 0 aliphatic rings. The molecule has 1 heterocycles. The molecule has 2 rings (SSSR count). The van der Waals surface area contributed by atoms with Crippen LogP contribution in [-0.4, -0.2) is 9.67 Å². The number of nitriles is 1. The third-order valence-corrected chi connectivity index (χ3v) is 2.63. The predicted octanol–water partition coefficient (Wildman–Crippen LogP) is 2.21. The fourth-order valence-electron chi connectivity index (χ4n) is 1.48. The molecule has 0 bridgehead atoms. The van der Waals surface area contributed by atoms with Gasteiger partial charge in [0, 0.05) is 12.3 Å². The first-order valence-electron chi connectivity index (χ1n) is 4.84. The van der Waals surface area contributed by atoms with Crippen LogP contribution in [0.2, 0.25) is 5.02 Å². The van der Waals surface area contributed by atoms with Crippen molar-refractivity contribution in [3.8, 4) is 17.5 Å². The van der Waals surface area contributed by atoms with Crippen LogP contribution in [-0.2, 0) is 0 Å². The molecule has 0 fully saturated rings. The van der Waals surface area contributed by atoms with Gasteiger partial charge >= 0.3 is 0 Å². The summed E-state index contributed by atoms with van der Waals surface area (Å²) < 4.78 is 14.8. The molecular formula is C12H6ClFN2O2. The van der Waals surface area contributed by atoms with Gasteiger partial charge in [0.2, 0.25) is 0 Å². The summed E-state index contributed by atoms with van der Waals surface area (Å²) in [4.78, 5) is 11.6. The number of halogens is 2. The number of nitrogens with zero attached hydrogens (tertiary/aromatic N) is 2. The number of hydrogen-bond donors (Lipinski definition) is 1. The molecule has 1 aromatic heterocycles. The molecule has 0 saturated carbocycles. The summed E-state index contributed by atoms with van der Waals surface area (Å²) in [6.07, 6.45) is 1.10. The lowest BCUT2D eigenvalue weighted by atomic mass is 10.2. The highest BCUT2D eigenvalue weighted by Crippen LogP contribution is 2.22.